The third-order valence-corrected chi connectivity index (χ3v) is 3.99. The molecule has 0 bridgehead atoms. The highest BCUT2D eigenvalue weighted by molar-refractivity contribution is 5.86. The molecule has 1 fully saturated rings. The van der Waals surface area contributed by atoms with Crippen molar-refractivity contribution in [2.75, 3.05) is 10.6 Å². The van der Waals surface area contributed by atoms with Gasteiger partial charge in [-0.1, -0.05) is 0 Å². The van der Waals surface area contributed by atoms with Crippen LogP contribution in [0.3, 0.4) is 0 Å². The topological polar surface area (TPSA) is 112 Å². The van der Waals surface area contributed by atoms with Crippen LogP contribution in [0.4, 0.5) is 17.5 Å². The first-order valence-electron chi connectivity index (χ1n) is 7.75. The van der Waals surface area contributed by atoms with Gasteiger partial charge in [0.05, 0.1) is 17.3 Å². The maximum atomic E-state index is 11.4. The number of anilines is 3. The standard InChI is InChI=1S/C16H14N6O2/c23-16-20-10-4-3-9(7-12(10)21-16)18-15-19-11-5-6-24-13(11)14(22-15)17-8-1-2-8/h3-8H,1-2H2,(H2,20,21,23)(H2,17,18,19,22). The first-order chi connectivity index (χ1) is 11.7. The van der Waals surface area contributed by atoms with E-state index in [1.165, 1.54) is 0 Å². The van der Waals surface area contributed by atoms with Crippen LogP contribution in [0.15, 0.2) is 39.7 Å². The van der Waals surface area contributed by atoms with Crippen LogP contribution in [0.2, 0.25) is 0 Å². The van der Waals surface area contributed by atoms with E-state index in [9.17, 15) is 4.79 Å². The maximum absolute atomic E-state index is 11.4. The van der Waals surface area contributed by atoms with E-state index < -0.39 is 0 Å². The van der Waals surface area contributed by atoms with Gasteiger partial charge in [-0.3, -0.25) is 0 Å². The molecule has 8 nitrogen and oxygen atoms in total. The number of hydrogen-bond donors (Lipinski definition) is 4. The number of benzene rings is 1. The zero-order valence-corrected chi connectivity index (χ0v) is 12.6. The van der Waals surface area contributed by atoms with Gasteiger partial charge in [0.2, 0.25) is 5.95 Å². The SMILES string of the molecule is O=c1[nH]c2ccc(Nc3nc(NC4CC4)c4occc4n3)cc2[nH]1. The Bertz CT molecular complexity index is 1100. The van der Waals surface area contributed by atoms with Crippen molar-refractivity contribution in [3.8, 4) is 0 Å². The lowest BCUT2D eigenvalue weighted by Crippen LogP contribution is -2.06. The fourth-order valence-electron chi connectivity index (χ4n) is 2.68. The summed E-state index contributed by atoms with van der Waals surface area (Å²) in [5.41, 5.74) is 3.45. The normalized spacial score (nSPS) is 14.3. The van der Waals surface area contributed by atoms with E-state index >= 15 is 0 Å². The molecule has 1 aliphatic rings. The number of nitrogens with zero attached hydrogens (tertiary/aromatic N) is 2. The predicted molar refractivity (Wildman–Crippen MR) is 90.7 cm³/mol. The van der Waals surface area contributed by atoms with Gasteiger partial charge in [0, 0.05) is 17.8 Å². The Hall–Kier alpha value is -3.29. The van der Waals surface area contributed by atoms with Gasteiger partial charge >= 0.3 is 5.69 Å². The molecule has 0 saturated heterocycles. The first kappa shape index (κ1) is 13.2. The molecule has 1 aromatic carbocycles. The quantitative estimate of drug-likeness (QED) is 0.459. The summed E-state index contributed by atoms with van der Waals surface area (Å²) in [5, 5.41) is 6.55. The highest BCUT2D eigenvalue weighted by Crippen LogP contribution is 2.30. The van der Waals surface area contributed by atoms with Gasteiger partial charge < -0.3 is 25.0 Å². The Balaban J connectivity index is 1.53. The highest BCUT2D eigenvalue weighted by atomic mass is 16.3. The zero-order chi connectivity index (χ0) is 16.1. The largest absolute Gasteiger partial charge is 0.459 e. The van der Waals surface area contributed by atoms with Crippen molar-refractivity contribution >= 4 is 39.6 Å². The highest BCUT2D eigenvalue weighted by Gasteiger charge is 2.23. The molecule has 120 valence electrons. The van der Waals surface area contributed by atoms with Gasteiger partial charge in [0.25, 0.3) is 0 Å². The average Bonchev–Trinajstić information content (AvgIpc) is 3.10. The molecular formula is C16H14N6O2. The van der Waals surface area contributed by atoms with Crippen LogP contribution in [-0.2, 0) is 0 Å². The van der Waals surface area contributed by atoms with Crippen LogP contribution in [0.25, 0.3) is 22.1 Å². The van der Waals surface area contributed by atoms with Gasteiger partial charge in [0.15, 0.2) is 11.4 Å². The number of furan rings is 1. The lowest BCUT2D eigenvalue weighted by atomic mass is 10.3. The van der Waals surface area contributed by atoms with Crippen molar-refractivity contribution in [1.82, 2.24) is 19.9 Å². The smallest absolute Gasteiger partial charge is 0.323 e. The third-order valence-electron chi connectivity index (χ3n) is 3.99. The number of rotatable bonds is 4. The molecule has 3 aromatic heterocycles. The van der Waals surface area contributed by atoms with Gasteiger partial charge in [-0.25, -0.2) is 9.78 Å². The monoisotopic (exact) mass is 322 g/mol. The first-order valence-corrected chi connectivity index (χ1v) is 7.75. The maximum Gasteiger partial charge on any atom is 0.323 e. The van der Waals surface area contributed by atoms with Crippen molar-refractivity contribution in [3.63, 3.8) is 0 Å². The predicted octanol–water partition coefficient (Wildman–Crippen LogP) is 2.71. The Morgan fingerprint density at radius 3 is 2.88 bits per heavy atom. The van der Waals surface area contributed by atoms with Crippen molar-refractivity contribution in [3.05, 3.63) is 41.0 Å². The number of aromatic nitrogens is 4. The lowest BCUT2D eigenvalue weighted by Gasteiger charge is -2.08. The van der Waals surface area contributed by atoms with Gasteiger partial charge in [-0.05, 0) is 31.0 Å². The summed E-state index contributed by atoms with van der Waals surface area (Å²) in [6.07, 6.45) is 3.90. The molecule has 0 unspecified atom stereocenters. The molecule has 4 aromatic rings. The van der Waals surface area contributed by atoms with Crippen molar-refractivity contribution in [2.45, 2.75) is 18.9 Å². The van der Waals surface area contributed by atoms with E-state index in [1.54, 1.807) is 6.26 Å². The molecule has 1 aliphatic carbocycles. The van der Waals surface area contributed by atoms with Crippen LogP contribution >= 0.6 is 0 Å². The number of H-pyrrole nitrogens is 2. The summed E-state index contributed by atoms with van der Waals surface area (Å²) in [6.45, 7) is 0. The molecule has 0 amide bonds. The summed E-state index contributed by atoms with van der Waals surface area (Å²) in [4.78, 5) is 25.8. The zero-order valence-electron chi connectivity index (χ0n) is 12.6. The molecule has 5 rings (SSSR count). The molecular weight excluding hydrogens is 308 g/mol. The minimum absolute atomic E-state index is 0.228. The Labute approximate surface area is 135 Å². The molecule has 0 aliphatic heterocycles. The van der Waals surface area contributed by atoms with Crippen LogP contribution in [-0.4, -0.2) is 26.0 Å². The van der Waals surface area contributed by atoms with Crippen LogP contribution in [0.1, 0.15) is 12.8 Å². The molecule has 4 N–H and O–H groups in total. The van der Waals surface area contributed by atoms with Crippen molar-refractivity contribution in [2.24, 2.45) is 0 Å². The number of fused-ring (bicyclic) bond motifs is 2. The van der Waals surface area contributed by atoms with E-state index in [2.05, 4.69) is 30.6 Å². The third kappa shape index (κ3) is 2.28. The number of imidazole rings is 1. The molecule has 0 atom stereocenters. The lowest BCUT2D eigenvalue weighted by molar-refractivity contribution is 0.614. The van der Waals surface area contributed by atoms with Crippen molar-refractivity contribution < 1.29 is 4.42 Å². The average molecular weight is 322 g/mol. The summed E-state index contributed by atoms with van der Waals surface area (Å²) < 4.78 is 5.48. The Morgan fingerprint density at radius 2 is 2.00 bits per heavy atom. The van der Waals surface area contributed by atoms with Gasteiger partial charge in [-0.15, -0.1) is 0 Å². The number of aromatic amines is 2. The van der Waals surface area contributed by atoms with E-state index in [0.29, 0.717) is 23.4 Å². The Kier molecular flexibility index (Phi) is 2.66. The summed E-state index contributed by atoms with van der Waals surface area (Å²) in [5.74, 6) is 1.18. The fraction of sp³-hybridized carbons (Fsp3) is 0.188. The van der Waals surface area contributed by atoms with Crippen LogP contribution < -0.4 is 16.3 Å². The van der Waals surface area contributed by atoms with Crippen LogP contribution in [0, 0.1) is 0 Å². The van der Waals surface area contributed by atoms with Crippen LogP contribution in [0.5, 0.6) is 0 Å². The van der Waals surface area contributed by atoms with E-state index in [-0.39, 0.29) is 5.69 Å². The molecule has 1 saturated carbocycles. The van der Waals surface area contributed by atoms with E-state index in [1.807, 2.05) is 24.3 Å². The minimum Gasteiger partial charge on any atom is -0.459 e. The van der Waals surface area contributed by atoms with Gasteiger partial charge in [-0.2, -0.15) is 4.98 Å². The molecule has 0 spiro atoms. The second-order valence-electron chi connectivity index (χ2n) is 5.91. The summed E-state index contributed by atoms with van der Waals surface area (Å²) in [6, 6.07) is 7.80. The van der Waals surface area contributed by atoms with Crippen molar-refractivity contribution in [1.29, 1.82) is 0 Å². The van der Waals surface area contributed by atoms with E-state index in [4.69, 9.17) is 4.42 Å². The molecule has 24 heavy (non-hydrogen) atoms. The summed E-state index contributed by atoms with van der Waals surface area (Å²) >= 11 is 0. The Morgan fingerprint density at radius 1 is 1.12 bits per heavy atom. The minimum atomic E-state index is -0.228. The number of hydrogen-bond acceptors (Lipinski definition) is 6. The second kappa shape index (κ2) is 4.85. The van der Waals surface area contributed by atoms with E-state index in [0.717, 1.165) is 35.1 Å². The molecule has 3 heterocycles. The number of nitrogens with one attached hydrogen (secondary N) is 4. The molecule has 0 radical (unpaired) electrons. The van der Waals surface area contributed by atoms with Gasteiger partial charge in [0.1, 0.15) is 5.52 Å². The fourth-order valence-corrected chi connectivity index (χ4v) is 2.68. The summed E-state index contributed by atoms with van der Waals surface area (Å²) in [7, 11) is 0. The second-order valence-corrected chi connectivity index (χ2v) is 5.91. The molecule has 8 heteroatoms.